The number of rotatable bonds is 6. The van der Waals surface area contributed by atoms with Crippen molar-refractivity contribution in [3.05, 3.63) is 41.2 Å². The van der Waals surface area contributed by atoms with Gasteiger partial charge in [0.05, 0.1) is 23.6 Å². The fraction of sp³-hybridized carbons (Fsp3) is 0.444. The number of aromatic nitrogens is 2. The van der Waals surface area contributed by atoms with Crippen molar-refractivity contribution in [1.82, 2.24) is 14.3 Å². The molecule has 1 aliphatic rings. The Morgan fingerprint density at radius 3 is 2.67 bits per heavy atom. The van der Waals surface area contributed by atoms with E-state index < -0.39 is 10.0 Å². The van der Waals surface area contributed by atoms with E-state index in [-0.39, 0.29) is 28.6 Å². The summed E-state index contributed by atoms with van der Waals surface area (Å²) in [7, 11) is -2.19. The molecule has 2 heterocycles. The highest BCUT2D eigenvalue weighted by Crippen LogP contribution is 2.29. The summed E-state index contributed by atoms with van der Waals surface area (Å²) in [5.41, 5.74) is 1.02. The number of sulfonamides is 1. The molecule has 1 fully saturated rings. The monoisotopic (exact) mass is 411 g/mol. The smallest absolute Gasteiger partial charge is 0.316 e. The molecule has 146 valence electrons. The van der Waals surface area contributed by atoms with Crippen LogP contribution in [-0.4, -0.2) is 49.0 Å². The van der Waals surface area contributed by atoms with Crippen LogP contribution in [0.2, 0.25) is 5.02 Å². The van der Waals surface area contributed by atoms with Crippen molar-refractivity contribution in [2.45, 2.75) is 37.2 Å². The van der Waals surface area contributed by atoms with Crippen molar-refractivity contribution in [1.29, 1.82) is 0 Å². The Kier molecular flexibility index (Phi) is 6.18. The number of ether oxygens (including phenoxy) is 2. The zero-order valence-electron chi connectivity index (χ0n) is 15.3. The third kappa shape index (κ3) is 4.51. The summed E-state index contributed by atoms with van der Waals surface area (Å²) < 4.78 is 38.2. The third-order valence-electron chi connectivity index (χ3n) is 4.46. The average molecular weight is 412 g/mol. The molecule has 1 atom stereocenters. The average Bonchev–Trinajstić information content (AvgIpc) is 2.68. The van der Waals surface area contributed by atoms with Gasteiger partial charge in [0.15, 0.2) is 0 Å². The number of benzene rings is 1. The van der Waals surface area contributed by atoms with Crippen LogP contribution in [0, 0.1) is 0 Å². The predicted molar refractivity (Wildman–Crippen MR) is 102 cm³/mol. The van der Waals surface area contributed by atoms with E-state index in [0.717, 1.165) is 18.4 Å². The van der Waals surface area contributed by atoms with Gasteiger partial charge in [0.25, 0.3) is 0 Å². The van der Waals surface area contributed by atoms with Crippen molar-refractivity contribution >= 4 is 21.6 Å². The maximum absolute atomic E-state index is 13.0. The van der Waals surface area contributed by atoms with Gasteiger partial charge < -0.3 is 9.47 Å². The van der Waals surface area contributed by atoms with E-state index in [4.69, 9.17) is 21.1 Å². The Labute approximate surface area is 164 Å². The van der Waals surface area contributed by atoms with Crippen LogP contribution in [0.5, 0.6) is 11.8 Å². The summed E-state index contributed by atoms with van der Waals surface area (Å²) in [5, 5.41) is 0.257. The van der Waals surface area contributed by atoms with Crippen LogP contribution in [0.3, 0.4) is 0 Å². The van der Waals surface area contributed by atoms with E-state index >= 15 is 0 Å². The Hall–Kier alpha value is -1.90. The largest absolute Gasteiger partial charge is 0.495 e. The van der Waals surface area contributed by atoms with Gasteiger partial charge in [-0.25, -0.2) is 18.4 Å². The molecule has 0 N–H and O–H groups in total. The minimum atomic E-state index is -3.67. The zero-order valence-corrected chi connectivity index (χ0v) is 16.8. The SMILES string of the molecule is CCc1cnc(OC2CCCN(S(=O)(=O)c3ccc(OC)c(Cl)c3)C2)nc1. The summed E-state index contributed by atoms with van der Waals surface area (Å²) >= 11 is 6.09. The van der Waals surface area contributed by atoms with Gasteiger partial charge in [-0.05, 0) is 43.0 Å². The topological polar surface area (TPSA) is 81.6 Å². The molecule has 2 aromatic rings. The lowest BCUT2D eigenvalue weighted by molar-refractivity contribution is 0.119. The van der Waals surface area contributed by atoms with E-state index in [9.17, 15) is 8.42 Å². The van der Waals surface area contributed by atoms with Crippen LogP contribution in [0.15, 0.2) is 35.5 Å². The van der Waals surface area contributed by atoms with Gasteiger partial charge in [-0.1, -0.05) is 18.5 Å². The normalized spacial score (nSPS) is 18.3. The highest BCUT2D eigenvalue weighted by molar-refractivity contribution is 7.89. The third-order valence-corrected chi connectivity index (χ3v) is 6.62. The maximum atomic E-state index is 13.0. The molecular formula is C18H22ClN3O4S. The molecule has 9 heteroatoms. The first-order valence-corrected chi connectivity index (χ1v) is 10.6. The van der Waals surface area contributed by atoms with Crippen molar-refractivity contribution < 1.29 is 17.9 Å². The summed E-state index contributed by atoms with van der Waals surface area (Å²) in [6.07, 6.45) is 5.43. The van der Waals surface area contributed by atoms with Gasteiger partial charge in [-0.3, -0.25) is 0 Å². The van der Waals surface area contributed by atoms with Gasteiger partial charge in [0.2, 0.25) is 10.0 Å². The molecule has 0 aliphatic carbocycles. The molecule has 7 nitrogen and oxygen atoms in total. The Morgan fingerprint density at radius 2 is 2.04 bits per heavy atom. The van der Waals surface area contributed by atoms with Gasteiger partial charge in [0.1, 0.15) is 11.9 Å². The molecule has 1 aromatic heterocycles. The second kappa shape index (κ2) is 8.41. The van der Waals surface area contributed by atoms with Gasteiger partial charge in [-0.15, -0.1) is 0 Å². The molecule has 0 radical (unpaired) electrons. The molecule has 1 aliphatic heterocycles. The van der Waals surface area contributed by atoms with Gasteiger partial charge in [-0.2, -0.15) is 4.31 Å². The Morgan fingerprint density at radius 1 is 1.30 bits per heavy atom. The van der Waals surface area contributed by atoms with Crippen LogP contribution in [0.1, 0.15) is 25.3 Å². The first-order valence-electron chi connectivity index (χ1n) is 8.75. The lowest BCUT2D eigenvalue weighted by Gasteiger charge is -2.31. The number of nitrogens with zero attached hydrogens (tertiary/aromatic N) is 3. The van der Waals surface area contributed by atoms with Crippen molar-refractivity contribution in [2.24, 2.45) is 0 Å². The number of halogens is 1. The minimum Gasteiger partial charge on any atom is -0.495 e. The Bertz CT molecular complexity index is 890. The summed E-state index contributed by atoms with van der Waals surface area (Å²) in [6.45, 7) is 2.70. The first-order chi connectivity index (χ1) is 12.9. The number of methoxy groups -OCH3 is 1. The van der Waals surface area contributed by atoms with Crippen LogP contribution < -0.4 is 9.47 Å². The minimum absolute atomic E-state index is 0.137. The van der Waals surface area contributed by atoms with Crippen molar-refractivity contribution in [3.8, 4) is 11.8 Å². The fourth-order valence-corrected chi connectivity index (χ4v) is 4.77. The van der Waals surface area contributed by atoms with E-state index in [2.05, 4.69) is 9.97 Å². The number of hydrogen-bond acceptors (Lipinski definition) is 6. The van der Waals surface area contributed by atoms with Gasteiger partial charge in [0, 0.05) is 18.9 Å². The molecule has 1 saturated heterocycles. The zero-order chi connectivity index (χ0) is 19.4. The highest BCUT2D eigenvalue weighted by Gasteiger charge is 2.32. The molecule has 1 aromatic carbocycles. The maximum Gasteiger partial charge on any atom is 0.316 e. The fourth-order valence-electron chi connectivity index (χ4n) is 2.91. The molecule has 3 rings (SSSR count). The summed E-state index contributed by atoms with van der Waals surface area (Å²) in [4.78, 5) is 8.51. The number of aryl methyl sites for hydroxylation is 1. The van der Waals surface area contributed by atoms with E-state index in [1.807, 2.05) is 6.92 Å². The standard InChI is InChI=1S/C18H22ClN3O4S/c1-3-13-10-20-18(21-11-13)26-14-5-4-8-22(12-14)27(23,24)15-6-7-17(25-2)16(19)9-15/h6-7,9-11,14H,3-5,8,12H2,1-2H3. The molecule has 1 unspecified atom stereocenters. The quantitative estimate of drug-likeness (QED) is 0.726. The molecule has 0 amide bonds. The van der Waals surface area contributed by atoms with E-state index in [0.29, 0.717) is 18.7 Å². The molecule has 0 saturated carbocycles. The number of piperidine rings is 1. The summed E-state index contributed by atoms with van der Waals surface area (Å²) in [5.74, 6) is 0.433. The van der Waals surface area contributed by atoms with Crippen LogP contribution in [0.4, 0.5) is 0 Å². The molecule has 27 heavy (non-hydrogen) atoms. The predicted octanol–water partition coefficient (Wildman–Crippen LogP) is 2.93. The van der Waals surface area contributed by atoms with Crippen LogP contribution >= 0.6 is 11.6 Å². The lowest BCUT2D eigenvalue weighted by Crippen LogP contribution is -2.44. The molecular weight excluding hydrogens is 390 g/mol. The highest BCUT2D eigenvalue weighted by atomic mass is 35.5. The second-order valence-electron chi connectivity index (χ2n) is 6.27. The first kappa shape index (κ1) is 19.9. The van der Waals surface area contributed by atoms with Crippen molar-refractivity contribution in [2.75, 3.05) is 20.2 Å². The lowest BCUT2D eigenvalue weighted by atomic mass is 10.1. The number of hydrogen-bond donors (Lipinski definition) is 0. The van der Waals surface area contributed by atoms with Crippen LogP contribution in [0.25, 0.3) is 0 Å². The van der Waals surface area contributed by atoms with Gasteiger partial charge >= 0.3 is 6.01 Å². The van der Waals surface area contributed by atoms with E-state index in [1.165, 1.54) is 23.5 Å². The molecule has 0 spiro atoms. The molecule has 0 bridgehead atoms. The van der Waals surface area contributed by atoms with Crippen molar-refractivity contribution in [3.63, 3.8) is 0 Å². The summed E-state index contributed by atoms with van der Waals surface area (Å²) in [6, 6.07) is 4.73. The van der Waals surface area contributed by atoms with E-state index in [1.54, 1.807) is 18.5 Å². The Balaban J connectivity index is 1.73. The second-order valence-corrected chi connectivity index (χ2v) is 8.61. The van der Waals surface area contributed by atoms with Crippen LogP contribution in [-0.2, 0) is 16.4 Å².